The molecule has 6 heteroatoms. The Morgan fingerprint density at radius 1 is 1.40 bits per heavy atom. The van der Waals surface area contributed by atoms with Crippen LogP contribution in [0.4, 0.5) is 10.5 Å². The standard InChI is InChI=1S/C19H25N3O3/c1-4-16-18(13(3)21-25-16)15-10-8-12-22(15)19(23)20-14-9-6-7-11-17(14)24-5-2/h6-7,9,11,15H,4-5,8,10,12H2,1-3H3,(H,20,23)/t15-/m0/s1. The van der Waals surface area contributed by atoms with Gasteiger partial charge in [-0.2, -0.15) is 0 Å². The van der Waals surface area contributed by atoms with Crippen molar-refractivity contribution in [3.05, 3.63) is 41.3 Å². The summed E-state index contributed by atoms with van der Waals surface area (Å²) in [4.78, 5) is 14.8. The van der Waals surface area contributed by atoms with E-state index >= 15 is 0 Å². The molecule has 0 unspecified atom stereocenters. The number of amides is 2. The van der Waals surface area contributed by atoms with Gasteiger partial charge in [0.1, 0.15) is 11.5 Å². The van der Waals surface area contributed by atoms with Crippen molar-refractivity contribution in [3.63, 3.8) is 0 Å². The second kappa shape index (κ2) is 7.59. The van der Waals surface area contributed by atoms with Crippen molar-refractivity contribution in [3.8, 4) is 5.75 Å². The first-order valence-corrected chi connectivity index (χ1v) is 8.90. The largest absolute Gasteiger partial charge is 0.492 e. The molecule has 0 spiro atoms. The Labute approximate surface area is 148 Å². The third-order valence-electron chi connectivity index (χ3n) is 4.58. The third kappa shape index (κ3) is 3.48. The number of urea groups is 1. The lowest BCUT2D eigenvalue weighted by molar-refractivity contribution is 0.206. The monoisotopic (exact) mass is 343 g/mol. The number of aryl methyl sites for hydroxylation is 2. The van der Waals surface area contributed by atoms with Crippen molar-refractivity contribution >= 4 is 11.7 Å². The zero-order valence-electron chi connectivity index (χ0n) is 15.0. The average Bonchev–Trinajstić information content (AvgIpc) is 3.22. The van der Waals surface area contributed by atoms with Crippen LogP contribution in [0.3, 0.4) is 0 Å². The van der Waals surface area contributed by atoms with E-state index in [9.17, 15) is 4.79 Å². The van der Waals surface area contributed by atoms with E-state index in [4.69, 9.17) is 9.26 Å². The number of nitrogens with one attached hydrogen (secondary N) is 1. The van der Waals surface area contributed by atoms with Crippen LogP contribution in [-0.4, -0.2) is 29.2 Å². The highest BCUT2D eigenvalue weighted by molar-refractivity contribution is 5.91. The maximum atomic E-state index is 12.9. The molecule has 1 aromatic heterocycles. The number of carbonyl (C=O) groups excluding carboxylic acids is 1. The zero-order valence-corrected chi connectivity index (χ0v) is 15.0. The fourth-order valence-electron chi connectivity index (χ4n) is 3.45. The number of para-hydroxylation sites is 2. The maximum Gasteiger partial charge on any atom is 0.322 e. The van der Waals surface area contributed by atoms with Crippen molar-refractivity contribution in [1.29, 1.82) is 0 Å². The summed E-state index contributed by atoms with van der Waals surface area (Å²) in [6.07, 6.45) is 2.67. The van der Waals surface area contributed by atoms with E-state index in [0.717, 1.165) is 42.8 Å². The molecule has 1 aliphatic rings. The molecule has 1 atom stereocenters. The van der Waals surface area contributed by atoms with Crippen molar-refractivity contribution < 1.29 is 14.1 Å². The Bertz CT molecular complexity index is 741. The Kier molecular flexibility index (Phi) is 5.26. The zero-order chi connectivity index (χ0) is 17.8. The van der Waals surface area contributed by atoms with Gasteiger partial charge in [-0.1, -0.05) is 24.2 Å². The predicted octanol–water partition coefficient (Wildman–Crippen LogP) is 4.31. The lowest BCUT2D eigenvalue weighted by atomic mass is 10.0. The summed E-state index contributed by atoms with van der Waals surface area (Å²) >= 11 is 0. The highest BCUT2D eigenvalue weighted by Crippen LogP contribution is 2.36. The van der Waals surface area contributed by atoms with Gasteiger partial charge in [0.15, 0.2) is 0 Å². The van der Waals surface area contributed by atoms with Crippen LogP contribution in [0, 0.1) is 6.92 Å². The SMILES string of the molecule is CCOc1ccccc1NC(=O)N1CCC[C@H]1c1c(C)noc1CC. The molecule has 2 aromatic rings. The van der Waals surface area contributed by atoms with Gasteiger partial charge in [0.2, 0.25) is 0 Å². The Morgan fingerprint density at radius 2 is 2.20 bits per heavy atom. The number of rotatable bonds is 5. The molecule has 1 aromatic carbocycles. The summed E-state index contributed by atoms with van der Waals surface area (Å²) in [6.45, 7) is 7.19. The Balaban J connectivity index is 1.81. The van der Waals surface area contributed by atoms with E-state index in [1.54, 1.807) is 0 Å². The van der Waals surface area contributed by atoms with Gasteiger partial charge in [-0.05, 0) is 38.8 Å². The van der Waals surface area contributed by atoms with E-state index in [2.05, 4.69) is 10.5 Å². The van der Waals surface area contributed by atoms with Crippen LogP contribution in [0.2, 0.25) is 0 Å². The van der Waals surface area contributed by atoms with Gasteiger partial charge in [0.25, 0.3) is 0 Å². The number of anilines is 1. The third-order valence-corrected chi connectivity index (χ3v) is 4.58. The van der Waals surface area contributed by atoms with Crippen molar-refractivity contribution in [2.24, 2.45) is 0 Å². The Morgan fingerprint density at radius 3 is 2.96 bits per heavy atom. The molecule has 2 heterocycles. The molecular formula is C19H25N3O3. The van der Waals surface area contributed by atoms with Gasteiger partial charge in [-0.15, -0.1) is 0 Å². The summed E-state index contributed by atoms with van der Waals surface area (Å²) < 4.78 is 11.0. The van der Waals surface area contributed by atoms with Crippen molar-refractivity contribution in [2.45, 2.75) is 46.1 Å². The highest BCUT2D eigenvalue weighted by atomic mass is 16.5. The molecule has 2 amide bonds. The molecule has 0 radical (unpaired) electrons. The lowest BCUT2D eigenvalue weighted by Gasteiger charge is -2.25. The highest BCUT2D eigenvalue weighted by Gasteiger charge is 2.34. The summed E-state index contributed by atoms with van der Waals surface area (Å²) in [7, 11) is 0. The molecule has 1 saturated heterocycles. The summed E-state index contributed by atoms with van der Waals surface area (Å²) in [6, 6.07) is 7.40. The average molecular weight is 343 g/mol. The molecule has 0 saturated carbocycles. The van der Waals surface area contributed by atoms with Gasteiger partial charge in [-0.25, -0.2) is 4.79 Å². The van der Waals surface area contributed by atoms with Crippen molar-refractivity contribution in [2.75, 3.05) is 18.5 Å². The first kappa shape index (κ1) is 17.3. The van der Waals surface area contributed by atoms with E-state index in [1.165, 1.54) is 0 Å². The number of carbonyl (C=O) groups is 1. The minimum absolute atomic E-state index is 0.0143. The van der Waals surface area contributed by atoms with Crippen LogP contribution >= 0.6 is 0 Å². The second-order valence-corrected chi connectivity index (χ2v) is 6.17. The molecular weight excluding hydrogens is 318 g/mol. The molecule has 134 valence electrons. The summed E-state index contributed by atoms with van der Waals surface area (Å²) in [5, 5.41) is 7.09. The van der Waals surface area contributed by atoms with Crippen LogP contribution < -0.4 is 10.1 Å². The van der Waals surface area contributed by atoms with Crippen LogP contribution in [0.25, 0.3) is 0 Å². The van der Waals surface area contributed by atoms with Gasteiger partial charge in [0, 0.05) is 18.5 Å². The van der Waals surface area contributed by atoms with E-state index in [1.807, 2.05) is 49.9 Å². The van der Waals surface area contributed by atoms with Gasteiger partial charge in [-0.3, -0.25) is 0 Å². The minimum atomic E-state index is -0.114. The fraction of sp³-hybridized carbons (Fsp3) is 0.474. The van der Waals surface area contributed by atoms with Crippen LogP contribution in [0.5, 0.6) is 5.75 Å². The summed E-state index contributed by atoms with van der Waals surface area (Å²) in [5.74, 6) is 1.56. The number of benzene rings is 1. The molecule has 3 rings (SSSR count). The number of likely N-dealkylation sites (tertiary alicyclic amines) is 1. The second-order valence-electron chi connectivity index (χ2n) is 6.17. The van der Waals surface area contributed by atoms with E-state index < -0.39 is 0 Å². The van der Waals surface area contributed by atoms with Crippen molar-refractivity contribution in [1.82, 2.24) is 10.1 Å². The van der Waals surface area contributed by atoms with Gasteiger partial charge in [0.05, 0.1) is 24.0 Å². The molecule has 1 fully saturated rings. The van der Waals surface area contributed by atoms with Crippen LogP contribution in [0.15, 0.2) is 28.8 Å². The maximum absolute atomic E-state index is 12.9. The number of hydrogen-bond acceptors (Lipinski definition) is 4. The summed E-state index contributed by atoms with van der Waals surface area (Å²) in [5.41, 5.74) is 2.63. The quantitative estimate of drug-likeness (QED) is 0.878. The predicted molar refractivity (Wildman–Crippen MR) is 95.9 cm³/mol. The molecule has 0 bridgehead atoms. The molecule has 6 nitrogen and oxygen atoms in total. The topological polar surface area (TPSA) is 67.6 Å². The molecule has 25 heavy (non-hydrogen) atoms. The number of hydrogen-bond donors (Lipinski definition) is 1. The van der Waals surface area contributed by atoms with E-state index in [0.29, 0.717) is 18.0 Å². The van der Waals surface area contributed by atoms with Gasteiger partial charge < -0.3 is 19.5 Å². The number of nitrogens with zero attached hydrogens (tertiary/aromatic N) is 2. The first-order valence-electron chi connectivity index (χ1n) is 8.90. The lowest BCUT2D eigenvalue weighted by Crippen LogP contribution is -2.35. The van der Waals surface area contributed by atoms with Crippen LogP contribution in [-0.2, 0) is 6.42 Å². The normalized spacial score (nSPS) is 16.9. The van der Waals surface area contributed by atoms with Crippen LogP contribution in [0.1, 0.15) is 49.7 Å². The molecule has 1 N–H and O–H groups in total. The first-order chi connectivity index (χ1) is 12.2. The smallest absolute Gasteiger partial charge is 0.322 e. The number of aromatic nitrogens is 1. The fourth-order valence-corrected chi connectivity index (χ4v) is 3.45. The molecule has 0 aliphatic carbocycles. The van der Waals surface area contributed by atoms with E-state index in [-0.39, 0.29) is 12.1 Å². The van der Waals surface area contributed by atoms with Gasteiger partial charge >= 0.3 is 6.03 Å². The number of ether oxygens (including phenoxy) is 1. The minimum Gasteiger partial charge on any atom is -0.492 e. The Hall–Kier alpha value is -2.50. The molecule has 1 aliphatic heterocycles.